The highest BCUT2D eigenvalue weighted by molar-refractivity contribution is 6.74. The Balaban J connectivity index is 1.81. The number of fused-ring (bicyclic) bond motifs is 1. The van der Waals surface area contributed by atoms with E-state index in [-0.39, 0.29) is 11.1 Å². The summed E-state index contributed by atoms with van der Waals surface area (Å²) in [6.07, 6.45) is 2.63. The van der Waals surface area contributed by atoms with Crippen molar-refractivity contribution < 1.29 is 13.9 Å². The van der Waals surface area contributed by atoms with Gasteiger partial charge in [0, 0.05) is 16.1 Å². The van der Waals surface area contributed by atoms with E-state index >= 15 is 0 Å². The summed E-state index contributed by atoms with van der Waals surface area (Å²) in [6, 6.07) is 13.2. The zero-order valence-electron chi connectivity index (χ0n) is 18.4. The molecule has 0 unspecified atom stereocenters. The lowest BCUT2D eigenvalue weighted by Crippen LogP contribution is -2.45. The Hall–Kier alpha value is -1.92. The van der Waals surface area contributed by atoms with Crippen LogP contribution in [0, 0.1) is 0 Å². The first kappa shape index (κ1) is 22.8. The Bertz CT molecular complexity index is 1030. The van der Waals surface area contributed by atoms with Crippen molar-refractivity contribution in [2.24, 2.45) is 0 Å². The third-order valence-electron chi connectivity index (χ3n) is 5.78. The maximum Gasteiger partial charge on any atom is 0.227 e. The summed E-state index contributed by atoms with van der Waals surface area (Å²) in [4.78, 5) is 4.59. The van der Waals surface area contributed by atoms with Crippen LogP contribution in [-0.2, 0) is 4.43 Å². The van der Waals surface area contributed by atoms with E-state index in [4.69, 9.17) is 20.4 Å². The van der Waals surface area contributed by atoms with E-state index in [0.29, 0.717) is 16.5 Å². The van der Waals surface area contributed by atoms with Crippen LogP contribution in [-0.4, -0.2) is 30.6 Å². The van der Waals surface area contributed by atoms with Gasteiger partial charge in [0.2, 0.25) is 5.89 Å². The fourth-order valence-corrected chi connectivity index (χ4v) is 4.44. The zero-order chi connectivity index (χ0) is 22.1. The number of oxazole rings is 1. The van der Waals surface area contributed by atoms with Crippen LogP contribution in [0.15, 0.2) is 53.0 Å². The fraction of sp³-hybridized carbons (Fsp3) is 0.375. The van der Waals surface area contributed by atoms with Gasteiger partial charge in [0.25, 0.3) is 0 Å². The molecule has 3 aromatic rings. The maximum atomic E-state index is 10.6. The normalized spacial score (nSPS) is 15.1. The van der Waals surface area contributed by atoms with E-state index in [1.54, 1.807) is 6.08 Å². The second-order valence-corrected chi connectivity index (χ2v) is 14.3. The molecule has 4 nitrogen and oxygen atoms in total. The first-order valence-corrected chi connectivity index (χ1v) is 13.5. The molecule has 1 aromatic heterocycles. The number of hydrogen-bond acceptors (Lipinski definition) is 4. The van der Waals surface area contributed by atoms with Crippen molar-refractivity contribution in [2.75, 3.05) is 0 Å². The second kappa shape index (κ2) is 8.67. The predicted molar refractivity (Wildman–Crippen MR) is 127 cm³/mol. The monoisotopic (exact) mass is 443 g/mol. The molecule has 0 radical (unpaired) electrons. The van der Waals surface area contributed by atoms with Gasteiger partial charge in [-0.05, 0) is 55.4 Å². The van der Waals surface area contributed by atoms with Gasteiger partial charge in [-0.2, -0.15) is 0 Å². The van der Waals surface area contributed by atoms with Crippen molar-refractivity contribution in [3.05, 3.63) is 59.1 Å². The Kier molecular flexibility index (Phi) is 6.58. The van der Waals surface area contributed by atoms with Crippen molar-refractivity contribution in [2.45, 2.75) is 58.0 Å². The Morgan fingerprint density at radius 2 is 1.80 bits per heavy atom. The highest BCUT2D eigenvalue weighted by Gasteiger charge is 2.39. The van der Waals surface area contributed by atoms with E-state index in [1.165, 1.54) is 0 Å². The molecule has 0 saturated heterocycles. The minimum Gasteiger partial charge on any atom is -0.435 e. The SMILES string of the molecule is C[C@H](O[Si](C)(C)C(C)(C)C)[C@@H](O)/C=C\c1cccc2nc(-c3ccc(Cl)cc3)oc12. The molecule has 30 heavy (non-hydrogen) atoms. The topological polar surface area (TPSA) is 55.5 Å². The standard InChI is InChI=1S/C24H30ClNO3Si/c1-16(29-30(5,6)24(2,3)4)21(27)15-12-17-8-7-9-20-22(17)28-23(26-20)18-10-13-19(25)14-11-18/h7-16,21,27H,1-6H3/b15-12-/t16-,21-/m0/s1. The number of aliphatic hydroxyl groups is 1. The molecule has 2 aromatic carbocycles. The molecule has 3 rings (SSSR count). The molecule has 0 bridgehead atoms. The number of hydrogen-bond donors (Lipinski definition) is 1. The lowest BCUT2D eigenvalue weighted by molar-refractivity contribution is 0.0698. The minimum atomic E-state index is -1.95. The zero-order valence-corrected chi connectivity index (χ0v) is 20.2. The van der Waals surface area contributed by atoms with Gasteiger partial charge >= 0.3 is 0 Å². The van der Waals surface area contributed by atoms with Gasteiger partial charge in [-0.3, -0.25) is 0 Å². The molecule has 0 fully saturated rings. The summed E-state index contributed by atoms with van der Waals surface area (Å²) < 4.78 is 12.3. The van der Waals surface area contributed by atoms with Crippen LogP contribution >= 0.6 is 11.6 Å². The van der Waals surface area contributed by atoms with Gasteiger partial charge in [-0.25, -0.2) is 4.98 Å². The molecular weight excluding hydrogens is 414 g/mol. The van der Waals surface area contributed by atoms with Crippen LogP contribution in [0.2, 0.25) is 23.2 Å². The van der Waals surface area contributed by atoms with Crippen molar-refractivity contribution >= 4 is 37.1 Å². The molecule has 6 heteroatoms. The minimum absolute atomic E-state index is 0.0915. The molecule has 0 amide bonds. The van der Waals surface area contributed by atoms with Gasteiger partial charge in [-0.1, -0.05) is 56.7 Å². The third-order valence-corrected chi connectivity index (χ3v) is 10.6. The average molecular weight is 444 g/mol. The molecule has 1 heterocycles. The number of nitrogens with zero attached hydrogens (tertiary/aromatic N) is 1. The summed E-state index contributed by atoms with van der Waals surface area (Å²) in [5.74, 6) is 0.540. The number of aromatic nitrogens is 1. The van der Waals surface area contributed by atoms with Gasteiger partial charge in [0.05, 0.1) is 12.2 Å². The molecule has 0 aliphatic carbocycles. The lowest BCUT2D eigenvalue weighted by Gasteiger charge is -2.39. The molecule has 2 atom stereocenters. The number of halogens is 1. The van der Waals surface area contributed by atoms with E-state index in [2.05, 4.69) is 38.8 Å². The molecule has 0 saturated carbocycles. The Morgan fingerprint density at radius 3 is 2.43 bits per heavy atom. The Morgan fingerprint density at radius 1 is 1.13 bits per heavy atom. The number of aliphatic hydroxyl groups excluding tert-OH is 1. The summed E-state index contributed by atoms with van der Waals surface area (Å²) in [6.45, 7) is 12.9. The fourth-order valence-electron chi connectivity index (χ4n) is 2.89. The predicted octanol–water partition coefficient (Wildman–Crippen LogP) is 6.93. The molecule has 0 aliphatic rings. The summed E-state index contributed by atoms with van der Waals surface area (Å²) in [5.41, 5.74) is 3.17. The highest BCUT2D eigenvalue weighted by atomic mass is 35.5. The summed E-state index contributed by atoms with van der Waals surface area (Å²) in [7, 11) is -1.95. The first-order valence-electron chi connectivity index (χ1n) is 10.2. The van der Waals surface area contributed by atoms with Gasteiger partial charge in [0.15, 0.2) is 13.9 Å². The van der Waals surface area contributed by atoms with E-state index in [9.17, 15) is 5.11 Å². The van der Waals surface area contributed by atoms with E-state index < -0.39 is 14.4 Å². The molecular formula is C24H30ClNO3Si. The molecule has 1 N–H and O–H groups in total. The van der Waals surface area contributed by atoms with Crippen LogP contribution in [0.4, 0.5) is 0 Å². The third kappa shape index (κ3) is 5.03. The van der Waals surface area contributed by atoms with Crippen LogP contribution in [0.25, 0.3) is 28.6 Å². The van der Waals surface area contributed by atoms with Crippen LogP contribution < -0.4 is 0 Å². The van der Waals surface area contributed by atoms with Gasteiger partial charge in [0.1, 0.15) is 5.52 Å². The van der Waals surface area contributed by atoms with Crippen molar-refractivity contribution in [1.29, 1.82) is 0 Å². The number of para-hydroxylation sites is 1. The number of benzene rings is 2. The van der Waals surface area contributed by atoms with Crippen molar-refractivity contribution in [3.63, 3.8) is 0 Å². The lowest BCUT2D eigenvalue weighted by atomic mass is 10.1. The quantitative estimate of drug-likeness (QED) is 0.419. The smallest absolute Gasteiger partial charge is 0.227 e. The highest BCUT2D eigenvalue weighted by Crippen LogP contribution is 2.37. The maximum absolute atomic E-state index is 10.6. The molecule has 160 valence electrons. The van der Waals surface area contributed by atoms with Crippen LogP contribution in [0.3, 0.4) is 0 Å². The summed E-state index contributed by atoms with van der Waals surface area (Å²) in [5, 5.41) is 11.4. The Labute approximate surface area is 184 Å². The van der Waals surface area contributed by atoms with Crippen LogP contribution in [0.1, 0.15) is 33.3 Å². The van der Waals surface area contributed by atoms with Crippen LogP contribution in [0.5, 0.6) is 0 Å². The average Bonchev–Trinajstić information content (AvgIpc) is 3.10. The van der Waals surface area contributed by atoms with Gasteiger partial charge < -0.3 is 13.9 Å². The number of rotatable bonds is 6. The van der Waals surface area contributed by atoms with E-state index in [1.807, 2.05) is 55.5 Å². The molecule has 0 aliphatic heterocycles. The van der Waals surface area contributed by atoms with Gasteiger partial charge in [-0.15, -0.1) is 0 Å². The largest absolute Gasteiger partial charge is 0.435 e. The second-order valence-electron chi connectivity index (χ2n) is 9.15. The molecule has 0 spiro atoms. The first-order chi connectivity index (χ1) is 14.0. The summed E-state index contributed by atoms with van der Waals surface area (Å²) >= 11 is 5.97. The van der Waals surface area contributed by atoms with Crippen molar-refractivity contribution in [1.82, 2.24) is 4.98 Å². The van der Waals surface area contributed by atoms with Crippen molar-refractivity contribution in [3.8, 4) is 11.5 Å². The van der Waals surface area contributed by atoms with E-state index in [0.717, 1.165) is 16.6 Å².